The van der Waals surface area contributed by atoms with Gasteiger partial charge in [0.1, 0.15) is 0 Å². The third-order valence-electron chi connectivity index (χ3n) is 3.56. The Morgan fingerprint density at radius 3 is 2.71 bits per heavy atom. The first-order valence-corrected chi connectivity index (χ1v) is 8.00. The third kappa shape index (κ3) is 2.14. The van der Waals surface area contributed by atoms with Crippen molar-refractivity contribution >= 4 is 57.6 Å². The van der Waals surface area contributed by atoms with Crippen LogP contribution in [0.3, 0.4) is 0 Å². The molecule has 3 nitrogen and oxygen atoms in total. The molecule has 2 N–H and O–H groups in total. The van der Waals surface area contributed by atoms with E-state index in [4.69, 9.17) is 23.2 Å². The van der Waals surface area contributed by atoms with E-state index in [1.54, 1.807) is 18.3 Å². The minimum atomic E-state index is 0.648. The summed E-state index contributed by atoms with van der Waals surface area (Å²) in [5.74, 6) is 0. The summed E-state index contributed by atoms with van der Waals surface area (Å²) in [5.41, 5.74) is 4.32. The van der Waals surface area contributed by atoms with Crippen LogP contribution >= 0.6 is 35.3 Å². The lowest BCUT2D eigenvalue weighted by Crippen LogP contribution is -2.21. The van der Waals surface area contributed by atoms with E-state index in [1.807, 2.05) is 24.3 Å². The topological polar surface area (TPSA) is 31.1 Å². The molecule has 0 fully saturated rings. The van der Waals surface area contributed by atoms with Crippen LogP contribution in [0, 0.1) is 0 Å². The number of nitrogens with zero attached hydrogens (tertiary/aromatic N) is 1. The van der Waals surface area contributed by atoms with Crippen molar-refractivity contribution in [3.8, 4) is 0 Å². The Balaban J connectivity index is 1.80. The summed E-state index contributed by atoms with van der Waals surface area (Å²) in [4.78, 5) is 3.20. The Labute approximate surface area is 136 Å². The predicted molar refractivity (Wildman–Crippen MR) is 92.2 cm³/mol. The highest BCUT2D eigenvalue weighted by Crippen LogP contribution is 2.42. The van der Waals surface area contributed by atoms with E-state index in [1.165, 1.54) is 0 Å². The number of halogens is 2. The standard InChI is InChI=1S/C15H11Cl2N3S/c16-11-6-9-8-20(10-4-2-1-3-5-10)21-19-14(9)15-13(11)12(17)7-18-15/h1-7,18-19H,8H2. The van der Waals surface area contributed by atoms with Crippen LogP contribution in [0.25, 0.3) is 10.9 Å². The zero-order valence-corrected chi connectivity index (χ0v) is 13.2. The van der Waals surface area contributed by atoms with Gasteiger partial charge in [-0.15, -0.1) is 0 Å². The Kier molecular flexibility index (Phi) is 3.17. The van der Waals surface area contributed by atoms with Crippen LogP contribution in [0.2, 0.25) is 10.0 Å². The lowest BCUT2D eigenvalue weighted by Gasteiger charge is -2.30. The maximum atomic E-state index is 6.38. The molecule has 1 aromatic heterocycles. The summed E-state index contributed by atoms with van der Waals surface area (Å²) in [6.45, 7) is 0.781. The van der Waals surface area contributed by atoms with Crippen LogP contribution in [0.15, 0.2) is 42.6 Å². The predicted octanol–water partition coefficient (Wildman–Crippen LogP) is 5.47. The monoisotopic (exact) mass is 335 g/mol. The van der Waals surface area contributed by atoms with Crippen molar-refractivity contribution in [3.63, 3.8) is 0 Å². The third-order valence-corrected chi connectivity index (χ3v) is 5.01. The highest BCUT2D eigenvalue weighted by molar-refractivity contribution is 8.02. The number of rotatable bonds is 1. The maximum Gasteiger partial charge on any atom is 0.0750 e. The normalized spacial score (nSPS) is 14.1. The zero-order valence-electron chi connectivity index (χ0n) is 10.9. The van der Waals surface area contributed by atoms with Crippen molar-refractivity contribution < 1.29 is 0 Å². The second-order valence-corrected chi connectivity index (χ2v) is 6.49. The molecule has 2 aromatic carbocycles. The molecule has 4 rings (SSSR count). The lowest BCUT2D eigenvalue weighted by molar-refractivity contribution is 1.05. The van der Waals surface area contributed by atoms with Gasteiger partial charge in [-0.05, 0) is 18.2 Å². The number of hydrogen-bond donors (Lipinski definition) is 2. The smallest absolute Gasteiger partial charge is 0.0750 e. The fraction of sp³-hybridized carbons (Fsp3) is 0.0667. The zero-order chi connectivity index (χ0) is 14.4. The molecule has 0 amide bonds. The molecule has 0 atom stereocenters. The Bertz CT molecular complexity index is 817. The SMILES string of the molecule is Clc1c[nH]c2c3c(cc(Cl)c12)CN(c1ccccc1)SN3. The van der Waals surface area contributed by atoms with E-state index >= 15 is 0 Å². The molecule has 0 spiro atoms. The number of fused-ring (bicyclic) bond motifs is 3. The van der Waals surface area contributed by atoms with E-state index < -0.39 is 0 Å². The first-order chi connectivity index (χ1) is 10.2. The van der Waals surface area contributed by atoms with E-state index in [0.717, 1.165) is 34.4 Å². The number of hydrogen-bond acceptors (Lipinski definition) is 3. The van der Waals surface area contributed by atoms with Crippen molar-refractivity contribution in [1.82, 2.24) is 4.98 Å². The van der Waals surface area contributed by atoms with Gasteiger partial charge in [-0.1, -0.05) is 41.4 Å². The molecular weight excluding hydrogens is 325 g/mol. The molecule has 0 unspecified atom stereocenters. The molecule has 1 aliphatic heterocycles. The summed E-state index contributed by atoms with van der Waals surface area (Å²) in [6.07, 6.45) is 1.77. The van der Waals surface area contributed by atoms with Gasteiger partial charge in [0.15, 0.2) is 0 Å². The molecule has 106 valence electrons. The van der Waals surface area contributed by atoms with Gasteiger partial charge < -0.3 is 9.71 Å². The number of anilines is 2. The summed E-state index contributed by atoms with van der Waals surface area (Å²) in [6, 6.07) is 12.2. The van der Waals surface area contributed by atoms with Gasteiger partial charge in [-0.3, -0.25) is 4.31 Å². The molecule has 3 aromatic rings. The molecule has 0 radical (unpaired) electrons. The molecule has 21 heavy (non-hydrogen) atoms. The highest BCUT2D eigenvalue weighted by atomic mass is 35.5. The molecule has 1 aliphatic rings. The number of aromatic amines is 1. The van der Waals surface area contributed by atoms with Crippen molar-refractivity contribution in [2.24, 2.45) is 0 Å². The average molecular weight is 336 g/mol. The number of benzene rings is 2. The molecule has 0 bridgehead atoms. The van der Waals surface area contributed by atoms with Gasteiger partial charge in [-0.2, -0.15) is 0 Å². The van der Waals surface area contributed by atoms with Gasteiger partial charge in [-0.25, -0.2) is 0 Å². The van der Waals surface area contributed by atoms with E-state index in [0.29, 0.717) is 10.0 Å². The molecule has 0 saturated heterocycles. The van der Waals surface area contributed by atoms with Crippen molar-refractivity contribution in [2.45, 2.75) is 6.54 Å². The van der Waals surface area contributed by atoms with Crippen molar-refractivity contribution in [3.05, 3.63) is 58.2 Å². The second-order valence-electron chi connectivity index (χ2n) is 4.84. The van der Waals surface area contributed by atoms with Gasteiger partial charge in [0.25, 0.3) is 0 Å². The fourth-order valence-electron chi connectivity index (χ4n) is 2.56. The van der Waals surface area contributed by atoms with Gasteiger partial charge in [0, 0.05) is 22.8 Å². The van der Waals surface area contributed by atoms with Crippen LogP contribution in [0.1, 0.15) is 5.56 Å². The molecule has 2 heterocycles. The van der Waals surface area contributed by atoms with E-state index in [9.17, 15) is 0 Å². The summed E-state index contributed by atoms with van der Waals surface area (Å²) in [5, 5.41) is 2.20. The molecule has 0 aliphatic carbocycles. The minimum absolute atomic E-state index is 0.648. The van der Waals surface area contributed by atoms with Crippen LogP contribution in [-0.4, -0.2) is 4.98 Å². The first-order valence-electron chi connectivity index (χ1n) is 6.47. The van der Waals surface area contributed by atoms with Crippen LogP contribution in [0.5, 0.6) is 0 Å². The van der Waals surface area contributed by atoms with Crippen LogP contribution < -0.4 is 9.03 Å². The molecule has 0 saturated carbocycles. The number of nitrogens with one attached hydrogen (secondary N) is 2. The van der Waals surface area contributed by atoms with E-state index in [2.05, 4.69) is 26.1 Å². The van der Waals surface area contributed by atoms with Crippen molar-refractivity contribution in [1.29, 1.82) is 0 Å². The largest absolute Gasteiger partial charge is 0.358 e. The maximum absolute atomic E-state index is 6.38. The quantitative estimate of drug-likeness (QED) is 0.578. The average Bonchev–Trinajstić information content (AvgIpc) is 2.90. The Morgan fingerprint density at radius 2 is 1.90 bits per heavy atom. The summed E-state index contributed by atoms with van der Waals surface area (Å²) >= 11 is 14.1. The lowest BCUT2D eigenvalue weighted by atomic mass is 10.1. The fourth-order valence-corrected chi connectivity index (χ4v) is 4.05. The number of aromatic nitrogens is 1. The van der Waals surface area contributed by atoms with Crippen LogP contribution in [0.4, 0.5) is 11.4 Å². The van der Waals surface area contributed by atoms with Gasteiger partial charge in [0.2, 0.25) is 0 Å². The Morgan fingerprint density at radius 1 is 1.10 bits per heavy atom. The second kappa shape index (κ2) is 5.05. The highest BCUT2D eigenvalue weighted by Gasteiger charge is 2.22. The number of para-hydroxylation sites is 1. The van der Waals surface area contributed by atoms with E-state index in [-0.39, 0.29) is 0 Å². The van der Waals surface area contributed by atoms with Crippen molar-refractivity contribution in [2.75, 3.05) is 9.03 Å². The van der Waals surface area contributed by atoms with Gasteiger partial charge in [0.05, 0.1) is 39.9 Å². The molecular formula is C15H11Cl2N3S. The Hall–Kier alpha value is -1.49. The number of H-pyrrole nitrogens is 1. The minimum Gasteiger partial charge on any atom is -0.358 e. The summed E-state index contributed by atoms with van der Waals surface area (Å²) < 4.78 is 5.58. The summed E-state index contributed by atoms with van der Waals surface area (Å²) in [7, 11) is 0. The van der Waals surface area contributed by atoms with Crippen LogP contribution in [-0.2, 0) is 6.54 Å². The first kappa shape index (κ1) is 13.2. The van der Waals surface area contributed by atoms with Gasteiger partial charge >= 0.3 is 0 Å². The molecule has 6 heteroatoms.